The molecule has 0 aliphatic heterocycles. The molecule has 1 aliphatic carbocycles. The molecule has 0 aromatic heterocycles. The zero-order valence-electron chi connectivity index (χ0n) is 11.8. The molecule has 0 saturated heterocycles. The van der Waals surface area contributed by atoms with Crippen molar-refractivity contribution in [1.82, 2.24) is 4.90 Å². The summed E-state index contributed by atoms with van der Waals surface area (Å²) in [4.78, 5) is 24.9. The fourth-order valence-corrected chi connectivity index (χ4v) is 2.58. The van der Waals surface area contributed by atoms with Gasteiger partial charge in [-0.25, -0.2) is 0 Å². The Labute approximate surface area is 114 Å². The van der Waals surface area contributed by atoms with Gasteiger partial charge >= 0.3 is 5.97 Å². The molecule has 110 valence electrons. The molecule has 0 aromatic rings. The Morgan fingerprint density at radius 3 is 2.47 bits per heavy atom. The van der Waals surface area contributed by atoms with Crippen molar-refractivity contribution in [2.45, 2.75) is 44.9 Å². The summed E-state index contributed by atoms with van der Waals surface area (Å²) in [5.74, 6) is 0.193. The summed E-state index contributed by atoms with van der Waals surface area (Å²) in [6.45, 7) is 0.554. The molecular weight excluding hydrogens is 246 g/mol. The minimum absolute atomic E-state index is 0.0462. The molecule has 19 heavy (non-hydrogen) atoms. The lowest BCUT2D eigenvalue weighted by Gasteiger charge is -2.26. The van der Waals surface area contributed by atoms with Crippen molar-refractivity contribution < 1.29 is 19.4 Å². The van der Waals surface area contributed by atoms with E-state index in [-0.39, 0.29) is 24.9 Å². The fourth-order valence-electron chi connectivity index (χ4n) is 2.58. The Morgan fingerprint density at radius 1 is 1.21 bits per heavy atom. The summed E-state index contributed by atoms with van der Waals surface area (Å²) >= 11 is 0. The van der Waals surface area contributed by atoms with E-state index >= 15 is 0 Å². The zero-order chi connectivity index (χ0) is 14.1. The summed E-state index contributed by atoms with van der Waals surface area (Å²) in [7, 11) is 1.34. The number of nitrogens with zero attached hydrogens (tertiary/aromatic N) is 1. The highest BCUT2D eigenvalue weighted by Gasteiger charge is 2.21. The van der Waals surface area contributed by atoms with Gasteiger partial charge in [-0.3, -0.25) is 9.59 Å². The second kappa shape index (κ2) is 8.91. The van der Waals surface area contributed by atoms with Crippen molar-refractivity contribution in [3.8, 4) is 0 Å². The molecule has 0 unspecified atom stereocenters. The van der Waals surface area contributed by atoms with Crippen LogP contribution in [-0.4, -0.2) is 48.7 Å². The number of hydrogen-bond acceptors (Lipinski definition) is 4. The first-order chi connectivity index (χ1) is 9.17. The lowest BCUT2D eigenvalue weighted by atomic mass is 9.86. The number of aliphatic hydroxyl groups is 1. The summed E-state index contributed by atoms with van der Waals surface area (Å²) < 4.78 is 4.57. The predicted octanol–water partition coefficient (Wildman–Crippen LogP) is 1.34. The summed E-state index contributed by atoms with van der Waals surface area (Å²) in [6.07, 6.45) is 6.66. The third-order valence-electron chi connectivity index (χ3n) is 3.72. The van der Waals surface area contributed by atoms with E-state index in [0.717, 1.165) is 12.8 Å². The first-order valence-corrected chi connectivity index (χ1v) is 7.12. The SMILES string of the molecule is COC(=O)CCN(CCO)C(=O)CC1CCCCC1. The van der Waals surface area contributed by atoms with Crippen molar-refractivity contribution >= 4 is 11.9 Å². The van der Waals surface area contributed by atoms with E-state index in [1.165, 1.54) is 26.4 Å². The highest BCUT2D eigenvalue weighted by molar-refractivity contribution is 5.77. The monoisotopic (exact) mass is 271 g/mol. The van der Waals surface area contributed by atoms with Gasteiger partial charge in [-0.2, -0.15) is 0 Å². The van der Waals surface area contributed by atoms with Crippen LogP contribution in [0.3, 0.4) is 0 Å². The molecule has 5 heteroatoms. The molecule has 1 amide bonds. The van der Waals surface area contributed by atoms with Crippen LogP contribution in [-0.2, 0) is 14.3 Å². The first-order valence-electron chi connectivity index (χ1n) is 7.12. The number of carbonyl (C=O) groups is 2. The number of hydrogen-bond donors (Lipinski definition) is 1. The normalized spacial score (nSPS) is 16.1. The Hall–Kier alpha value is -1.10. The Bertz CT molecular complexity index is 287. The van der Waals surface area contributed by atoms with Crippen molar-refractivity contribution in [2.75, 3.05) is 26.8 Å². The molecular formula is C14H25NO4. The van der Waals surface area contributed by atoms with Crippen molar-refractivity contribution in [1.29, 1.82) is 0 Å². The molecule has 0 radical (unpaired) electrons. The maximum absolute atomic E-state index is 12.2. The minimum Gasteiger partial charge on any atom is -0.469 e. The van der Waals surface area contributed by atoms with Crippen LogP contribution in [0.4, 0.5) is 0 Å². The summed E-state index contributed by atoms with van der Waals surface area (Å²) in [5.41, 5.74) is 0. The smallest absolute Gasteiger partial charge is 0.307 e. The summed E-state index contributed by atoms with van der Waals surface area (Å²) in [5, 5.41) is 9.00. The maximum Gasteiger partial charge on any atom is 0.307 e. The van der Waals surface area contributed by atoms with Crippen molar-refractivity contribution in [3.63, 3.8) is 0 Å². The van der Waals surface area contributed by atoms with Gasteiger partial charge in [0, 0.05) is 19.5 Å². The van der Waals surface area contributed by atoms with Gasteiger partial charge in [-0.05, 0) is 18.8 Å². The topological polar surface area (TPSA) is 66.8 Å². The number of rotatable bonds is 7. The lowest BCUT2D eigenvalue weighted by molar-refractivity contribution is -0.142. The van der Waals surface area contributed by atoms with Crippen molar-refractivity contribution in [3.05, 3.63) is 0 Å². The van der Waals surface area contributed by atoms with Crippen LogP contribution in [0.1, 0.15) is 44.9 Å². The average Bonchev–Trinajstić information content (AvgIpc) is 2.44. The van der Waals surface area contributed by atoms with Crippen LogP contribution in [0, 0.1) is 5.92 Å². The maximum atomic E-state index is 12.2. The molecule has 5 nitrogen and oxygen atoms in total. The lowest BCUT2D eigenvalue weighted by Crippen LogP contribution is -2.36. The zero-order valence-corrected chi connectivity index (χ0v) is 11.8. The van der Waals surface area contributed by atoms with Crippen LogP contribution >= 0.6 is 0 Å². The fraction of sp³-hybridized carbons (Fsp3) is 0.857. The highest BCUT2D eigenvalue weighted by atomic mass is 16.5. The Balaban J connectivity index is 2.39. The van der Waals surface area contributed by atoms with Gasteiger partial charge in [0.25, 0.3) is 0 Å². The number of aliphatic hydroxyl groups excluding tert-OH is 1. The van der Waals surface area contributed by atoms with Gasteiger partial charge in [-0.1, -0.05) is 19.3 Å². The van der Waals surface area contributed by atoms with Crippen LogP contribution in [0.2, 0.25) is 0 Å². The molecule has 1 N–H and O–H groups in total. The number of amides is 1. The number of carbonyl (C=O) groups excluding carboxylic acids is 2. The van der Waals surface area contributed by atoms with E-state index in [0.29, 0.717) is 25.4 Å². The minimum atomic E-state index is -0.326. The van der Waals surface area contributed by atoms with E-state index in [2.05, 4.69) is 4.74 Å². The second-order valence-electron chi connectivity index (χ2n) is 5.14. The summed E-state index contributed by atoms with van der Waals surface area (Å²) in [6, 6.07) is 0. The van der Waals surface area contributed by atoms with E-state index in [4.69, 9.17) is 5.11 Å². The molecule has 0 aromatic carbocycles. The van der Waals surface area contributed by atoms with E-state index in [1.807, 2.05) is 0 Å². The first kappa shape index (κ1) is 16.0. The molecule has 0 atom stereocenters. The third-order valence-corrected chi connectivity index (χ3v) is 3.72. The van der Waals surface area contributed by atoms with E-state index in [1.54, 1.807) is 4.90 Å². The Morgan fingerprint density at radius 2 is 1.89 bits per heavy atom. The second-order valence-corrected chi connectivity index (χ2v) is 5.14. The quantitative estimate of drug-likeness (QED) is 0.710. The number of ether oxygens (including phenoxy) is 1. The highest BCUT2D eigenvalue weighted by Crippen LogP contribution is 2.26. The van der Waals surface area contributed by atoms with Crippen LogP contribution in [0.25, 0.3) is 0 Å². The van der Waals surface area contributed by atoms with Crippen LogP contribution < -0.4 is 0 Å². The third kappa shape index (κ3) is 6.05. The van der Waals surface area contributed by atoms with Gasteiger partial charge in [0.15, 0.2) is 0 Å². The van der Waals surface area contributed by atoms with Gasteiger partial charge < -0.3 is 14.7 Å². The van der Waals surface area contributed by atoms with Crippen LogP contribution in [0.15, 0.2) is 0 Å². The molecule has 0 heterocycles. The molecule has 0 bridgehead atoms. The molecule has 0 spiro atoms. The molecule has 1 saturated carbocycles. The van der Waals surface area contributed by atoms with Crippen molar-refractivity contribution in [2.24, 2.45) is 5.92 Å². The van der Waals surface area contributed by atoms with E-state index < -0.39 is 0 Å². The van der Waals surface area contributed by atoms with Crippen LogP contribution in [0.5, 0.6) is 0 Å². The standard InChI is InChI=1S/C14H25NO4/c1-19-14(18)7-8-15(9-10-16)13(17)11-12-5-3-2-4-6-12/h12,16H,2-11H2,1H3. The molecule has 1 rings (SSSR count). The van der Waals surface area contributed by atoms with Gasteiger partial charge in [0.1, 0.15) is 0 Å². The largest absolute Gasteiger partial charge is 0.469 e. The average molecular weight is 271 g/mol. The van der Waals surface area contributed by atoms with Gasteiger partial charge in [0.2, 0.25) is 5.91 Å². The molecule has 1 fully saturated rings. The van der Waals surface area contributed by atoms with Gasteiger partial charge in [-0.15, -0.1) is 0 Å². The number of methoxy groups -OCH3 is 1. The van der Waals surface area contributed by atoms with Gasteiger partial charge in [0.05, 0.1) is 20.1 Å². The molecule has 1 aliphatic rings. The predicted molar refractivity (Wildman–Crippen MR) is 71.5 cm³/mol. The van der Waals surface area contributed by atoms with E-state index in [9.17, 15) is 9.59 Å². The number of esters is 1. The Kier molecular flexibility index (Phi) is 7.48.